The molecule has 1 aromatic rings. The van der Waals surface area contributed by atoms with E-state index in [2.05, 4.69) is 16.8 Å². The van der Waals surface area contributed by atoms with Crippen molar-refractivity contribution in [2.45, 2.75) is 26.2 Å². The monoisotopic (exact) mass is 249 g/mol. The Labute approximate surface area is 107 Å². The van der Waals surface area contributed by atoms with Crippen LogP contribution < -0.4 is 10.6 Å². The minimum atomic E-state index is -1.01. The first kappa shape index (κ1) is 12.7. The zero-order valence-electron chi connectivity index (χ0n) is 10.6. The Hall–Kier alpha value is -1.78. The number of carboxylic acids is 1. The van der Waals surface area contributed by atoms with E-state index in [0.717, 1.165) is 19.5 Å². The normalized spacial score (nSPS) is 19.2. The van der Waals surface area contributed by atoms with Gasteiger partial charge in [-0.1, -0.05) is 13.3 Å². The van der Waals surface area contributed by atoms with Crippen LogP contribution >= 0.6 is 0 Å². The van der Waals surface area contributed by atoms with Crippen LogP contribution in [0.2, 0.25) is 0 Å². The van der Waals surface area contributed by atoms with Gasteiger partial charge in [0, 0.05) is 13.1 Å². The molecule has 2 rings (SSSR count). The van der Waals surface area contributed by atoms with Crippen LogP contribution in [0.1, 0.15) is 36.7 Å². The highest BCUT2D eigenvalue weighted by Gasteiger charge is 2.24. The summed E-state index contributed by atoms with van der Waals surface area (Å²) in [6.07, 6.45) is 3.51. The van der Waals surface area contributed by atoms with Gasteiger partial charge in [0.05, 0.1) is 5.69 Å². The molecule has 0 spiro atoms. The Balaban J connectivity index is 2.18. The molecule has 1 aliphatic rings. The second-order valence-electron chi connectivity index (χ2n) is 4.80. The summed E-state index contributed by atoms with van der Waals surface area (Å²) >= 11 is 0. The van der Waals surface area contributed by atoms with Crippen molar-refractivity contribution in [1.82, 2.24) is 4.98 Å². The molecule has 18 heavy (non-hydrogen) atoms. The Morgan fingerprint density at radius 1 is 1.61 bits per heavy atom. The van der Waals surface area contributed by atoms with Gasteiger partial charge >= 0.3 is 5.97 Å². The Morgan fingerprint density at radius 2 is 2.39 bits per heavy atom. The van der Waals surface area contributed by atoms with E-state index in [0.29, 0.717) is 17.4 Å². The van der Waals surface area contributed by atoms with Gasteiger partial charge in [-0.3, -0.25) is 0 Å². The summed E-state index contributed by atoms with van der Waals surface area (Å²) in [5.74, 6) is 0.277. The number of carboxylic acid groups (broad SMARTS) is 1. The number of aromatic carboxylic acids is 1. The third kappa shape index (κ3) is 2.55. The van der Waals surface area contributed by atoms with Gasteiger partial charge < -0.3 is 15.7 Å². The van der Waals surface area contributed by atoms with Crippen molar-refractivity contribution in [2.75, 3.05) is 23.7 Å². The highest BCUT2D eigenvalue weighted by Crippen LogP contribution is 2.29. The van der Waals surface area contributed by atoms with Crippen molar-refractivity contribution in [3.8, 4) is 0 Å². The molecule has 0 amide bonds. The van der Waals surface area contributed by atoms with Crippen LogP contribution in [0.25, 0.3) is 0 Å². The van der Waals surface area contributed by atoms with E-state index >= 15 is 0 Å². The topological polar surface area (TPSA) is 79.5 Å². The summed E-state index contributed by atoms with van der Waals surface area (Å²) in [5.41, 5.74) is 6.50. The van der Waals surface area contributed by atoms with E-state index in [1.165, 1.54) is 18.9 Å². The molecule has 98 valence electrons. The maximum Gasteiger partial charge on any atom is 0.354 e. The molecule has 0 radical (unpaired) electrons. The Kier molecular flexibility index (Phi) is 3.69. The zero-order valence-corrected chi connectivity index (χ0v) is 10.6. The lowest BCUT2D eigenvalue weighted by Crippen LogP contribution is -2.23. The molecule has 0 saturated carbocycles. The predicted octanol–water partition coefficient (Wildman–Crippen LogP) is 1.99. The van der Waals surface area contributed by atoms with Gasteiger partial charge in [-0.2, -0.15) is 0 Å². The molecule has 0 bridgehead atoms. The number of aromatic nitrogens is 1. The highest BCUT2D eigenvalue weighted by atomic mass is 16.4. The zero-order chi connectivity index (χ0) is 13.1. The second kappa shape index (κ2) is 5.25. The molecule has 1 unspecified atom stereocenters. The average Bonchev–Trinajstić information content (AvgIpc) is 2.78. The molecular weight excluding hydrogens is 230 g/mol. The summed E-state index contributed by atoms with van der Waals surface area (Å²) in [5, 5.41) is 8.96. The van der Waals surface area contributed by atoms with Crippen LogP contribution in [0.5, 0.6) is 0 Å². The van der Waals surface area contributed by atoms with Crippen LogP contribution in [-0.2, 0) is 0 Å². The third-order valence-electron chi connectivity index (χ3n) is 3.41. The Bertz CT molecular complexity index is 448. The summed E-state index contributed by atoms with van der Waals surface area (Å²) in [6, 6.07) is 3.07. The van der Waals surface area contributed by atoms with Gasteiger partial charge in [0.1, 0.15) is 0 Å². The van der Waals surface area contributed by atoms with Crippen molar-refractivity contribution in [3.63, 3.8) is 0 Å². The van der Waals surface area contributed by atoms with E-state index in [1.54, 1.807) is 6.07 Å². The largest absolute Gasteiger partial charge is 0.477 e. The quantitative estimate of drug-likeness (QED) is 0.853. The molecule has 0 aliphatic carbocycles. The minimum absolute atomic E-state index is 0.0538. The summed E-state index contributed by atoms with van der Waals surface area (Å²) in [6.45, 7) is 4.01. The molecule has 3 N–H and O–H groups in total. The van der Waals surface area contributed by atoms with E-state index in [1.807, 2.05) is 0 Å². The fraction of sp³-hybridized carbons (Fsp3) is 0.538. The molecular formula is C13H19N3O2. The van der Waals surface area contributed by atoms with Gasteiger partial charge in [-0.15, -0.1) is 0 Å². The number of carbonyl (C=O) groups is 1. The Morgan fingerprint density at radius 3 is 3.06 bits per heavy atom. The van der Waals surface area contributed by atoms with E-state index in [-0.39, 0.29) is 5.69 Å². The number of hydrogen-bond acceptors (Lipinski definition) is 4. The summed E-state index contributed by atoms with van der Waals surface area (Å²) < 4.78 is 0. The molecule has 0 aromatic carbocycles. The molecule has 5 nitrogen and oxygen atoms in total. The smallest absolute Gasteiger partial charge is 0.354 e. The highest BCUT2D eigenvalue weighted by molar-refractivity contribution is 5.87. The summed E-state index contributed by atoms with van der Waals surface area (Å²) in [7, 11) is 0. The molecule has 5 heteroatoms. The van der Waals surface area contributed by atoms with Crippen molar-refractivity contribution in [2.24, 2.45) is 5.92 Å². The van der Waals surface area contributed by atoms with E-state index < -0.39 is 5.97 Å². The molecule has 1 aliphatic heterocycles. The van der Waals surface area contributed by atoms with Crippen LogP contribution in [0.3, 0.4) is 0 Å². The van der Waals surface area contributed by atoms with E-state index in [4.69, 9.17) is 10.8 Å². The van der Waals surface area contributed by atoms with Crippen LogP contribution in [0, 0.1) is 5.92 Å². The third-order valence-corrected chi connectivity index (χ3v) is 3.41. The lowest BCUT2D eigenvalue weighted by molar-refractivity contribution is 0.0690. The number of hydrogen-bond donors (Lipinski definition) is 2. The standard InChI is InChI=1S/C13H19N3O2/c1-2-3-9-6-7-16(8-9)12-10(14)4-5-11(15-12)13(17)18/h4-5,9H,2-3,6-8,14H2,1H3,(H,17,18). The van der Waals surface area contributed by atoms with Crippen molar-refractivity contribution < 1.29 is 9.90 Å². The molecule has 2 heterocycles. The van der Waals surface area contributed by atoms with Crippen molar-refractivity contribution in [3.05, 3.63) is 17.8 Å². The average molecular weight is 249 g/mol. The molecule has 1 saturated heterocycles. The van der Waals surface area contributed by atoms with Crippen molar-refractivity contribution in [1.29, 1.82) is 0 Å². The number of anilines is 2. The first-order valence-corrected chi connectivity index (χ1v) is 6.36. The van der Waals surface area contributed by atoms with Gasteiger partial charge in [-0.05, 0) is 30.9 Å². The van der Waals surface area contributed by atoms with Gasteiger partial charge in [0.15, 0.2) is 11.5 Å². The fourth-order valence-corrected chi connectivity index (χ4v) is 2.50. The first-order valence-electron chi connectivity index (χ1n) is 6.36. The maximum atomic E-state index is 10.9. The fourth-order valence-electron chi connectivity index (χ4n) is 2.50. The maximum absolute atomic E-state index is 10.9. The van der Waals surface area contributed by atoms with Crippen LogP contribution in [0.15, 0.2) is 12.1 Å². The lowest BCUT2D eigenvalue weighted by atomic mass is 10.0. The molecule has 1 atom stereocenters. The predicted molar refractivity (Wildman–Crippen MR) is 70.8 cm³/mol. The molecule has 1 aromatic heterocycles. The number of nitrogens with two attached hydrogens (primary N) is 1. The number of pyridine rings is 1. The van der Waals surface area contributed by atoms with Crippen LogP contribution in [-0.4, -0.2) is 29.1 Å². The lowest BCUT2D eigenvalue weighted by Gasteiger charge is -2.19. The minimum Gasteiger partial charge on any atom is -0.477 e. The second-order valence-corrected chi connectivity index (χ2v) is 4.80. The first-order chi connectivity index (χ1) is 8.61. The van der Waals surface area contributed by atoms with Gasteiger partial charge in [-0.25, -0.2) is 9.78 Å². The number of nitrogens with zero attached hydrogens (tertiary/aromatic N) is 2. The SMILES string of the molecule is CCCC1CCN(c2nc(C(=O)O)ccc2N)C1. The van der Waals surface area contributed by atoms with Crippen LogP contribution in [0.4, 0.5) is 11.5 Å². The number of rotatable bonds is 4. The van der Waals surface area contributed by atoms with E-state index in [9.17, 15) is 4.79 Å². The number of nitrogen functional groups attached to an aromatic ring is 1. The molecule has 1 fully saturated rings. The summed E-state index contributed by atoms with van der Waals surface area (Å²) in [4.78, 5) is 17.2. The van der Waals surface area contributed by atoms with Gasteiger partial charge in [0.25, 0.3) is 0 Å². The van der Waals surface area contributed by atoms with Crippen molar-refractivity contribution >= 4 is 17.5 Å². The van der Waals surface area contributed by atoms with Gasteiger partial charge in [0.2, 0.25) is 0 Å².